The number of aromatic nitrogens is 1. The van der Waals surface area contributed by atoms with E-state index in [1.165, 1.54) is 12.3 Å². The molecule has 2 aromatic rings. The van der Waals surface area contributed by atoms with E-state index in [0.29, 0.717) is 22.2 Å². The number of nitrogens with zero attached hydrogens (tertiary/aromatic N) is 1. The average Bonchev–Trinajstić information content (AvgIpc) is 2.47. The van der Waals surface area contributed by atoms with Crippen LogP contribution in [0.5, 0.6) is 5.75 Å². The smallest absolute Gasteiger partial charge is 0.257 e. The molecule has 23 heavy (non-hydrogen) atoms. The Morgan fingerprint density at radius 2 is 2.09 bits per heavy atom. The summed E-state index contributed by atoms with van der Waals surface area (Å²) >= 11 is 5.68. The van der Waals surface area contributed by atoms with Crippen molar-refractivity contribution >= 4 is 33.0 Å². The number of halogens is 1. The van der Waals surface area contributed by atoms with Crippen LogP contribution in [-0.4, -0.2) is 37.9 Å². The molecule has 6 nitrogen and oxygen atoms in total. The Morgan fingerprint density at radius 3 is 2.74 bits per heavy atom. The number of amides is 1. The summed E-state index contributed by atoms with van der Waals surface area (Å²) in [7, 11) is -3.08. The van der Waals surface area contributed by atoms with Gasteiger partial charge in [0.2, 0.25) is 0 Å². The fourth-order valence-electron chi connectivity index (χ4n) is 1.69. The van der Waals surface area contributed by atoms with E-state index in [0.717, 1.165) is 6.26 Å². The van der Waals surface area contributed by atoms with Crippen molar-refractivity contribution in [1.82, 2.24) is 4.98 Å². The van der Waals surface area contributed by atoms with E-state index < -0.39 is 9.84 Å². The van der Waals surface area contributed by atoms with E-state index >= 15 is 0 Å². The molecular formula is C15H15ClN2O4S. The monoisotopic (exact) mass is 354 g/mol. The summed E-state index contributed by atoms with van der Waals surface area (Å²) < 4.78 is 27.5. The lowest BCUT2D eigenvalue weighted by atomic mass is 10.2. The van der Waals surface area contributed by atoms with Gasteiger partial charge in [-0.3, -0.25) is 4.79 Å². The molecule has 1 amide bonds. The highest BCUT2D eigenvalue weighted by Crippen LogP contribution is 2.18. The second-order valence-electron chi connectivity index (χ2n) is 4.83. The molecule has 0 aliphatic carbocycles. The Bertz CT molecular complexity index is 791. The first kappa shape index (κ1) is 17.2. The van der Waals surface area contributed by atoms with Crippen LogP contribution in [0.25, 0.3) is 0 Å². The number of ether oxygens (including phenoxy) is 1. The Kier molecular flexibility index (Phi) is 5.57. The van der Waals surface area contributed by atoms with Crippen LogP contribution < -0.4 is 10.1 Å². The Morgan fingerprint density at radius 1 is 1.30 bits per heavy atom. The van der Waals surface area contributed by atoms with Crippen LogP contribution in [0.1, 0.15) is 10.4 Å². The zero-order valence-corrected chi connectivity index (χ0v) is 13.9. The van der Waals surface area contributed by atoms with Gasteiger partial charge < -0.3 is 10.1 Å². The summed E-state index contributed by atoms with van der Waals surface area (Å²) in [6.07, 6.45) is 2.53. The van der Waals surface area contributed by atoms with Gasteiger partial charge in [-0.2, -0.15) is 0 Å². The molecule has 122 valence electrons. The maximum Gasteiger partial charge on any atom is 0.257 e. The number of hydrogen-bond donors (Lipinski definition) is 1. The first-order valence-corrected chi connectivity index (χ1v) is 9.11. The van der Waals surface area contributed by atoms with Gasteiger partial charge in [0.05, 0.1) is 11.3 Å². The highest BCUT2D eigenvalue weighted by Gasteiger charge is 2.08. The standard InChI is InChI=1S/C15H15ClN2O4S/c1-23(20,21)8-7-22-13-4-2-3-12(9-13)18-15(19)11-5-6-14(16)17-10-11/h2-6,9-10H,7-8H2,1H3,(H,18,19). The summed E-state index contributed by atoms with van der Waals surface area (Å²) in [5.41, 5.74) is 0.902. The van der Waals surface area contributed by atoms with Crippen molar-refractivity contribution < 1.29 is 17.9 Å². The highest BCUT2D eigenvalue weighted by atomic mass is 35.5. The van der Waals surface area contributed by atoms with E-state index in [1.54, 1.807) is 30.3 Å². The minimum Gasteiger partial charge on any atom is -0.492 e. The van der Waals surface area contributed by atoms with Crippen molar-refractivity contribution in [3.05, 3.63) is 53.3 Å². The third kappa shape index (κ3) is 5.88. The van der Waals surface area contributed by atoms with E-state index in [9.17, 15) is 13.2 Å². The predicted molar refractivity (Wildman–Crippen MR) is 88.8 cm³/mol. The van der Waals surface area contributed by atoms with Gasteiger partial charge in [0.1, 0.15) is 17.5 Å². The number of anilines is 1. The minimum absolute atomic E-state index is 0.0529. The van der Waals surface area contributed by atoms with Gasteiger partial charge in [0.15, 0.2) is 9.84 Å². The SMILES string of the molecule is CS(=O)(=O)CCOc1cccc(NC(=O)c2ccc(Cl)nc2)c1. The topological polar surface area (TPSA) is 85.4 Å². The summed E-state index contributed by atoms with van der Waals surface area (Å²) in [4.78, 5) is 15.9. The molecule has 0 bridgehead atoms. The summed E-state index contributed by atoms with van der Waals surface area (Å²) in [5.74, 6) is 0.0724. The fraction of sp³-hybridized carbons (Fsp3) is 0.200. The van der Waals surface area contributed by atoms with Crippen LogP contribution in [0, 0.1) is 0 Å². The van der Waals surface area contributed by atoms with Crippen LogP contribution in [0.2, 0.25) is 5.15 Å². The lowest BCUT2D eigenvalue weighted by molar-refractivity contribution is 0.102. The van der Waals surface area contributed by atoms with Crippen LogP contribution >= 0.6 is 11.6 Å². The van der Waals surface area contributed by atoms with Gasteiger partial charge in [0.25, 0.3) is 5.91 Å². The van der Waals surface area contributed by atoms with Crippen LogP contribution in [-0.2, 0) is 9.84 Å². The summed E-state index contributed by atoms with van der Waals surface area (Å²) in [6, 6.07) is 9.79. The third-order valence-corrected chi connectivity index (χ3v) is 3.94. The van der Waals surface area contributed by atoms with E-state index in [-0.39, 0.29) is 18.3 Å². The van der Waals surface area contributed by atoms with Crippen molar-refractivity contribution in [3.8, 4) is 5.75 Å². The Labute approximate surface area is 139 Å². The third-order valence-electron chi connectivity index (χ3n) is 2.80. The lowest BCUT2D eigenvalue weighted by Crippen LogP contribution is -2.13. The zero-order valence-electron chi connectivity index (χ0n) is 12.3. The molecule has 0 saturated heterocycles. The van der Waals surface area contributed by atoms with Crippen LogP contribution in [0.15, 0.2) is 42.6 Å². The van der Waals surface area contributed by atoms with E-state index in [1.807, 2.05) is 0 Å². The second kappa shape index (κ2) is 7.43. The molecule has 0 saturated carbocycles. The molecule has 0 aliphatic heterocycles. The molecule has 0 aliphatic rings. The Balaban J connectivity index is 1.99. The van der Waals surface area contributed by atoms with Crippen molar-refractivity contribution in [2.24, 2.45) is 0 Å². The minimum atomic E-state index is -3.08. The van der Waals surface area contributed by atoms with Gasteiger partial charge in [-0.1, -0.05) is 17.7 Å². The van der Waals surface area contributed by atoms with Gasteiger partial charge in [-0.05, 0) is 24.3 Å². The summed E-state index contributed by atoms with van der Waals surface area (Å²) in [5, 5.41) is 3.01. The summed E-state index contributed by atoms with van der Waals surface area (Å²) in [6.45, 7) is 0.0529. The lowest BCUT2D eigenvalue weighted by Gasteiger charge is -2.09. The van der Waals surface area contributed by atoms with Gasteiger partial charge >= 0.3 is 0 Å². The number of nitrogens with one attached hydrogen (secondary N) is 1. The fourth-order valence-corrected chi connectivity index (χ4v) is 2.19. The number of sulfone groups is 1. The maximum absolute atomic E-state index is 12.1. The molecule has 0 radical (unpaired) electrons. The van der Waals surface area contributed by atoms with Gasteiger partial charge in [0, 0.05) is 24.2 Å². The number of hydrogen-bond acceptors (Lipinski definition) is 5. The average molecular weight is 355 g/mol. The molecule has 1 heterocycles. The Hall–Kier alpha value is -2.12. The predicted octanol–water partition coefficient (Wildman–Crippen LogP) is 2.41. The molecular weight excluding hydrogens is 340 g/mol. The molecule has 2 rings (SSSR count). The maximum atomic E-state index is 12.1. The largest absolute Gasteiger partial charge is 0.492 e. The molecule has 8 heteroatoms. The zero-order chi connectivity index (χ0) is 16.9. The number of pyridine rings is 1. The van der Waals surface area contributed by atoms with Crippen molar-refractivity contribution in [2.45, 2.75) is 0 Å². The number of benzene rings is 1. The van der Waals surface area contributed by atoms with Crippen LogP contribution in [0.4, 0.5) is 5.69 Å². The molecule has 1 aromatic carbocycles. The first-order valence-electron chi connectivity index (χ1n) is 6.67. The molecule has 0 unspecified atom stereocenters. The number of carbonyl (C=O) groups is 1. The molecule has 1 aromatic heterocycles. The quantitative estimate of drug-likeness (QED) is 0.805. The number of rotatable bonds is 6. The normalized spacial score (nSPS) is 11.0. The van der Waals surface area contributed by atoms with E-state index in [4.69, 9.17) is 16.3 Å². The highest BCUT2D eigenvalue weighted by molar-refractivity contribution is 7.90. The van der Waals surface area contributed by atoms with Crippen molar-refractivity contribution in [1.29, 1.82) is 0 Å². The van der Waals surface area contributed by atoms with E-state index in [2.05, 4.69) is 10.3 Å². The van der Waals surface area contributed by atoms with Crippen molar-refractivity contribution in [3.63, 3.8) is 0 Å². The first-order chi connectivity index (χ1) is 10.8. The van der Waals surface area contributed by atoms with Crippen LogP contribution in [0.3, 0.4) is 0 Å². The second-order valence-corrected chi connectivity index (χ2v) is 7.48. The molecule has 0 spiro atoms. The molecule has 0 fully saturated rings. The van der Waals surface area contributed by atoms with Crippen molar-refractivity contribution in [2.75, 3.05) is 23.9 Å². The number of carbonyl (C=O) groups excluding carboxylic acids is 1. The van der Waals surface area contributed by atoms with Gasteiger partial charge in [-0.25, -0.2) is 13.4 Å². The molecule has 0 atom stereocenters. The molecule has 1 N–H and O–H groups in total. The van der Waals surface area contributed by atoms with Gasteiger partial charge in [-0.15, -0.1) is 0 Å².